The van der Waals surface area contributed by atoms with Crippen LogP contribution in [0.1, 0.15) is 37.4 Å². The van der Waals surface area contributed by atoms with Crippen molar-refractivity contribution in [3.05, 3.63) is 54.4 Å². The Bertz CT molecular complexity index is 645. The van der Waals surface area contributed by atoms with Gasteiger partial charge in [0.2, 0.25) is 0 Å². The molecule has 0 saturated carbocycles. The van der Waals surface area contributed by atoms with Gasteiger partial charge in [-0.25, -0.2) is 4.79 Å². The number of amides is 2. The molecule has 1 aliphatic heterocycles. The molecule has 2 amide bonds. The molecule has 2 aromatic rings. The molecule has 3 rings (SSSR count). The molecule has 2 atom stereocenters. The molecule has 2 unspecified atom stereocenters. The van der Waals surface area contributed by atoms with Crippen LogP contribution in [0.2, 0.25) is 0 Å². The molecule has 2 N–H and O–H groups in total. The first kappa shape index (κ1) is 17.5. The Labute approximate surface area is 148 Å². The third kappa shape index (κ3) is 4.82. The molecule has 0 radical (unpaired) electrons. The van der Waals surface area contributed by atoms with Crippen LogP contribution >= 0.6 is 0 Å². The van der Waals surface area contributed by atoms with Crippen molar-refractivity contribution in [1.82, 2.24) is 20.0 Å². The van der Waals surface area contributed by atoms with Crippen molar-refractivity contribution >= 4 is 6.03 Å². The topological polar surface area (TPSA) is 70.4 Å². The highest BCUT2D eigenvalue weighted by molar-refractivity contribution is 5.74. The van der Waals surface area contributed by atoms with E-state index in [-0.39, 0.29) is 12.1 Å². The van der Waals surface area contributed by atoms with Gasteiger partial charge < -0.3 is 15.3 Å². The predicted molar refractivity (Wildman–Crippen MR) is 96.0 cm³/mol. The molecule has 0 bridgehead atoms. The molecule has 25 heavy (non-hydrogen) atoms. The summed E-state index contributed by atoms with van der Waals surface area (Å²) in [5.41, 5.74) is 0.911. The largest absolute Gasteiger partial charge is 0.388 e. The quantitative estimate of drug-likeness (QED) is 0.760. The third-order valence-electron chi connectivity index (χ3n) is 4.72. The van der Waals surface area contributed by atoms with Crippen molar-refractivity contribution in [3.63, 3.8) is 0 Å². The minimum Gasteiger partial charge on any atom is -0.388 e. The molecule has 1 fully saturated rings. The van der Waals surface area contributed by atoms with Gasteiger partial charge in [-0.2, -0.15) is 5.10 Å². The lowest BCUT2D eigenvalue weighted by atomic mass is 10.0. The summed E-state index contributed by atoms with van der Waals surface area (Å²) in [5.74, 6) is 0. The standard InChI is InChI=1S/C19H26N4O2/c24-18(16-7-2-1-3-8-16)15-17-9-4-14-23(17)19(25)20-10-5-12-22-13-6-11-21-22/h1-3,6-8,11,13,17-18,24H,4-5,9-10,12,14-15H2,(H,20,25). The average molecular weight is 342 g/mol. The van der Waals surface area contributed by atoms with Crippen molar-refractivity contribution in [1.29, 1.82) is 0 Å². The number of aliphatic hydroxyl groups excluding tert-OH is 1. The fraction of sp³-hybridized carbons (Fsp3) is 0.474. The van der Waals surface area contributed by atoms with Crippen molar-refractivity contribution in [2.75, 3.05) is 13.1 Å². The molecule has 0 aliphatic carbocycles. The monoisotopic (exact) mass is 342 g/mol. The molecule has 1 saturated heterocycles. The number of carbonyl (C=O) groups is 1. The number of aromatic nitrogens is 2. The van der Waals surface area contributed by atoms with Gasteiger partial charge in [0, 0.05) is 38.1 Å². The van der Waals surface area contributed by atoms with Gasteiger partial charge in [0.1, 0.15) is 0 Å². The average Bonchev–Trinajstić information content (AvgIpc) is 3.31. The van der Waals surface area contributed by atoms with Gasteiger partial charge in [-0.15, -0.1) is 0 Å². The molecule has 1 aliphatic rings. The summed E-state index contributed by atoms with van der Waals surface area (Å²) in [6, 6.07) is 11.6. The van der Waals surface area contributed by atoms with Crippen molar-refractivity contribution < 1.29 is 9.90 Å². The maximum Gasteiger partial charge on any atom is 0.317 e. The minimum absolute atomic E-state index is 0.0248. The van der Waals surface area contributed by atoms with Crippen LogP contribution in [0.3, 0.4) is 0 Å². The minimum atomic E-state index is -0.528. The summed E-state index contributed by atoms with van der Waals surface area (Å²) in [6.45, 7) is 2.18. The van der Waals surface area contributed by atoms with E-state index in [2.05, 4.69) is 10.4 Å². The van der Waals surface area contributed by atoms with Crippen LogP contribution in [0.25, 0.3) is 0 Å². The number of hydrogen-bond acceptors (Lipinski definition) is 3. The molecule has 134 valence electrons. The normalized spacial score (nSPS) is 18.3. The van der Waals surface area contributed by atoms with E-state index < -0.39 is 6.10 Å². The van der Waals surface area contributed by atoms with E-state index in [1.807, 2.05) is 52.2 Å². The van der Waals surface area contributed by atoms with Crippen LogP contribution in [0.15, 0.2) is 48.8 Å². The van der Waals surface area contributed by atoms with Gasteiger partial charge in [-0.3, -0.25) is 4.68 Å². The highest BCUT2D eigenvalue weighted by atomic mass is 16.3. The number of rotatable bonds is 7. The second-order valence-corrected chi connectivity index (χ2v) is 6.51. The maximum absolute atomic E-state index is 12.4. The number of nitrogens with zero attached hydrogens (tertiary/aromatic N) is 3. The Hall–Kier alpha value is -2.34. The number of urea groups is 1. The van der Waals surface area contributed by atoms with E-state index in [0.29, 0.717) is 13.0 Å². The van der Waals surface area contributed by atoms with Crippen LogP contribution in [0.4, 0.5) is 4.79 Å². The maximum atomic E-state index is 12.4. The summed E-state index contributed by atoms with van der Waals surface area (Å²) < 4.78 is 1.86. The van der Waals surface area contributed by atoms with Crippen molar-refractivity contribution in [3.8, 4) is 0 Å². The predicted octanol–water partition coefficient (Wildman–Crippen LogP) is 2.57. The first-order chi connectivity index (χ1) is 12.2. The number of nitrogens with one attached hydrogen (secondary N) is 1. The Morgan fingerprint density at radius 3 is 2.92 bits per heavy atom. The number of likely N-dealkylation sites (tertiary alicyclic amines) is 1. The third-order valence-corrected chi connectivity index (χ3v) is 4.72. The molecule has 0 spiro atoms. The van der Waals surface area contributed by atoms with Gasteiger partial charge in [0.05, 0.1) is 6.10 Å². The number of carbonyl (C=O) groups excluding carboxylic acids is 1. The Morgan fingerprint density at radius 2 is 2.16 bits per heavy atom. The SMILES string of the molecule is O=C(NCCCn1cccn1)N1CCCC1CC(O)c1ccccc1. The van der Waals surface area contributed by atoms with E-state index in [9.17, 15) is 9.90 Å². The van der Waals surface area contributed by atoms with Gasteiger partial charge >= 0.3 is 6.03 Å². The number of hydrogen-bond donors (Lipinski definition) is 2. The van der Waals surface area contributed by atoms with E-state index in [0.717, 1.165) is 37.9 Å². The lowest BCUT2D eigenvalue weighted by molar-refractivity contribution is 0.126. The van der Waals surface area contributed by atoms with Gasteiger partial charge in [-0.1, -0.05) is 30.3 Å². The highest BCUT2D eigenvalue weighted by Gasteiger charge is 2.30. The van der Waals surface area contributed by atoms with Gasteiger partial charge in [-0.05, 0) is 37.3 Å². The van der Waals surface area contributed by atoms with Gasteiger partial charge in [0.25, 0.3) is 0 Å². The molecular formula is C19H26N4O2. The van der Waals surface area contributed by atoms with Crippen molar-refractivity contribution in [2.45, 2.75) is 44.4 Å². The summed E-state index contributed by atoms with van der Waals surface area (Å²) >= 11 is 0. The Morgan fingerprint density at radius 1 is 1.32 bits per heavy atom. The molecule has 1 aromatic carbocycles. The fourth-order valence-corrected chi connectivity index (χ4v) is 3.39. The van der Waals surface area contributed by atoms with E-state index in [4.69, 9.17) is 0 Å². The number of aliphatic hydroxyl groups is 1. The first-order valence-electron chi connectivity index (χ1n) is 8.99. The lowest BCUT2D eigenvalue weighted by Crippen LogP contribution is -2.43. The van der Waals surface area contributed by atoms with Crippen molar-refractivity contribution in [2.24, 2.45) is 0 Å². The molecular weight excluding hydrogens is 316 g/mol. The second kappa shape index (κ2) is 8.67. The fourth-order valence-electron chi connectivity index (χ4n) is 3.39. The zero-order chi connectivity index (χ0) is 17.5. The van der Waals surface area contributed by atoms with E-state index >= 15 is 0 Å². The molecule has 6 heteroatoms. The zero-order valence-corrected chi connectivity index (χ0v) is 14.4. The number of benzene rings is 1. The summed E-state index contributed by atoms with van der Waals surface area (Å²) in [6.07, 6.45) is 6.52. The van der Waals surface area contributed by atoms with E-state index in [1.54, 1.807) is 6.20 Å². The highest BCUT2D eigenvalue weighted by Crippen LogP contribution is 2.27. The summed E-state index contributed by atoms with van der Waals surface area (Å²) in [7, 11) is 0. The number of aryl methyl sites for hydroxylation is 1. The van der Waals surface area contributed by atoms with Crippen LogP contribution in [0.5, 0.6) is 0 Å². The van der Waals surface area contributed by atoms with Crippen LogP contribution < -0.4 is 5.32 Å². The second-order valence-electron chi connectivity index (χ2n) is 6.51. The molecule has 6 nitrogen and oxygen atoms in total. The van der Waals surface area contributed by atoms with Gasteiger partial charge in [0.15, 0.2) is 0 Å². The summed E-state index contributed by atoms with van der Waals surface area (Å²) in [4.78, 5) is 14.3. The van der Waals surface area contributed by atoms with Crippen LogP contribution in [-0.4, -0.2) is 44.9 Å². The van der Waals surface area contributed by atoms with Crippen LogP contribution in [-0.2, 0) is 6.54 Å². The van der Waals surface area contributed by atoms with E-state index in [1.165, 1.54) is 0 Å². The lowest BCUT2D eigenvalue weighted by Gasteiger charge is -2.27. The summed E-state index contributed by atoms with van der Waals surface area (Å²) in [5, 5.41) is 17.6. The Balaban J connectivity index is 1.44. The molecule has 2 heterocycles. The van der Waals surface area contributed by atoms with Crippen LogP contribution in [0, 0.1) is 0 Å². The smallest absolute Gasteiger partial charge is 0.317 e. The first-order valence-corrected chi connectivity index (χ1v) is 8.99. The molecule has 1 aromatic heterocycles. The zero-order valence-electron chi connectivity index (χ0n) is 14.4. The Kier molecular flexibility index (Phi) is 6.06.